The highest BCUT2D eigenvalue weighted by atomic mass is 35.5. The number of amides is 1. The van der Waals surface area contributed by atoms with Crippen molar-refractivity contribution in [1.29, 1.82) is 5.41 Å². The first-order chi connectivity index (χ1) is 16.5. The summed E-state index contributed by atoms with van der Waals surface area (Å²) < 4.78 is 6.13. The van der Waals surface area contributed by atoms with Crippen molar-refractivity contribution in [3.05, 3.63) is 95.3 Å². The molecule has 2 N–H and O–H groups in total. The van der Waals surface area contributed by atoms with Crippen LogP contribution < -0.4 is 10.1 Å². The maximum absolute atomic E-state index is 13.3. The average molecular weight is 475 g/mol. The van der Waals surface area contributed by atoms with Crippen molar-refractivity contribution in [1.82, 2.24) is 9.80 Å². The van der Waals surface area contributed by atoms with E-state index < -0.39 is 5.91 Å². The van der Waals surface area contributed by atoms with Crippen LogP contribution in [0.2, 0.25) is 5.02 Å². The van der Waals surface area contributed by atoms with Crippen LogP contribution in [-0.4, -0.2) is 55.1 Å². The molecule has 174 valence electrons. The predicted molar refractivity (Wildman–Crippen MR) is 137 cm³/mol. The second-order valence-electron chi connectivity index (χ2n) is 8.10. The lowest BCUT2D eigenvalue weighted by atomic mass is 10.1. The number of nitrogens with one attached hydrogen (secondary N) is 2. The number of carbonyl (C=O) groups excluding carboxylic acids is 1. The van der Waals surface area contributed by atoms with E-state index in [0.29, 0.717) is 35.2 Å². The summed E-state index contributed by atoms with van der Waals surface area (Å²) in [7, 11) is 2.06. The number of benzene rings is 3. The second-order valence-corrected chi connectivity index (χ2v) is 8.54. The number of allylic oxidation sites excluding steroid dienone is 1. The molecular weight excluding hydrogens is 448 g/mol. The molecule has 34 heavy (non-hydrogen) atoms. The van der Waals surface area contributed by atoms with E-state index in [4.69, 9.17) is 21.7 Å². The van der Waals surface area contributed by atoms with Crippen LogP contribution in [0.4, 0.5) is 5.69 Å². The summed E-state index contributed by atoms with van der Waals surface area (Å²) in [5.41, 5.74) is 3.20. The van der Waals surface area contributed by atoms with E-state index in [0.717, 1.165) is 24.2 Å². The van der Waals surface area contributed by atoms with Crippen LogP contribution in [0.3, 0.4) is 0 Å². The van der Waals surface area contributed by atoms with Crippen LogP contribution in [0, 0.1) is 5.41 Å². The molecule has 4 rings (SSSR count). The normalized spacial score (nSPS) is 14.8. The average Bonchev–Trinajstić information content (AvgIpc) is 2.87. The Morgan fingerprint density at radius 1 is 0.912 bits per heavy atom. The van der Waals surface area contributed by atoms with Crippen molar-refractivity contribution < 1.29 is 9.53 Å². The molecular formula is C27H27ClN4O2. The highest BCUT2D eigenvalue weighted by molar-refractivity contribution is 6.30. The van der Waals surface area contributed by atoms with Gasteiger partial charge < -0.3 is 25.3 Å². The van der Waals surface area contributed by atoms with Crippen molar-refractivity contribution in [2.24, 2.45) is 0 Å². The Hall–Kier alpha value is -3.61. The Bertz CT molecular complexity index is 1150. The Morgan fingerprint density at radius 3 is 2.15 bits per heavy atom. The predicted octanol–water partition coefficient (Wildman–Crippen LogP) is 5.13. The molecule has 0 aliphatic carbocycles. The van der Waals surface area contributed by atoms with Crippen LogP contribution >= 0.6 is 11.6 Å². The fraction of sp³-hybridized carbons (Fsp3) is 0.185. The van der Waals surface area contributed by atoms with Gasteiger partial charge in [0.15, 0.2) is 0 Å². The molecule has 1 aliphatic rings. The first kappa shape index (κ1) is 23.5. The minimum Gasteiger partial charge on any atom is -0.449 e. The number of likely N-dealkylation sites (N-methyl/N-ethyl adjacent to an activating group) is 1. The zero-order valence-electron chi connectivity index (χ0n) is 19.0. The molecule has 1 saturated heterocycles. The van der Waals surface area contributed by atoms with E-state index in [9.17, 15) is 4.79 Å². The molecule has 0 unspecified atom stereocenters. The van der Waals surface area contributed by atoms with Crippen LogP contribution in [0.25, 0.3) is 11.1 Å². The number of nitrogens with zero attached hydrogens (tertiary/aromatic N) is 2. The standard InChI is InChI=1S/C27H27ClN4O2/c1-31-15-17-32(18-16-31)25(19-29)26(27(33)30-23-11-9-22(28)10-12-23)34-24-13-7-21(8-14-24)20-5-3-2-4-6-20/h2-14,19,29H,15-18H2,1H3,(H,30,33)/b26-25-,29-19?. The van der Waals surface area contributed by atoms with Crippen LogP contribution in [0.15, 0.2) is 90.3 Å². The summed E-state index contributed by atoms with van der Waals surface area (Å²) in [6.45, 7) is 3.09. The number of ether oxygens (including phenoxy) is 1. The number of carbonyl (C=O) groups is 1. The fourth-order valence-electron chi connectivity index (χ4n) is 3.75. The Morgan fingerprint density at radius 2 is 1.53 bits per heavy atom. The van der Waals surface area contributed by atoms with Gasteiger partial charge in [-0.05, 0) is 54.6 Å². The smallest absolute Gasteiger partial charge is 0.293 e. The SMILES string of the molecule is CN1CCN(/C(C=N)=C(\Oc2ccc(-c3ccccc3)cc2)C(=O)Nc2ccc(Cl)cc2)CC1. The van der Waals surface area contributed by atoms with E-state index in [-0.39, 0.29) is 5.76 Å². The monoisotopic (exact) mass is 474 g/mol. The molecule has 1 fully saturated rings. The molecule has 0 aromatic heterocycles. The van der Waals surface area contributed by atoms with Crippen molar-refractivity contribution in [3.8, 4) is 16.9 Å². The number of anilines is 1. The van der Waals surface area contributed by atoms with Gasteiger partial charge in [-0.15, -0.1) is 0 Å². The molecule has 0 radical (unpaired) electrons. The number of hydrogen-bond acceptors (Lipinski definition) is 5. The summed E-state index contributed by atoms with van der Waals surface area (Å²) in [5.74, 6) is 0.184. The van der Waals surface area contributed by atoms with Crippen molar-refractivity contribution >= 4 is 29.4 Å². The van der Waals surface area contributed by atoms with Crippen molar-refractivity contribution in [3.63, 3.8) is 0 Å². The quantitative estimate of drug-likeness (QED) is 0.283. The highest BCUT2D eigenvalue weighted by Crippen LogP contribution is 2.25. The first-order valence-corrected chi connectivity index (χ1v) is 11.5. The highest BCUT2D eigenvalue weighted by Gasteiger charge is 2.24. The molecule has 0 saturated carbocycles. The van der Waals surface area contributed by atoms with Crippen LogP contribution in [0.5, 0.6) is 5.75 Å². The Balaban J connectivity index is 1.63. The van der Waals surface area contributed by atoms with Crippen molar-refractivity contribution in [2.75, 3.05) is 38.5 Å². The van der Waals surface area contributed by atoms with E-state index >= 15 is 0 Å². The van der Waals surface area contributed by atoms with Gasteiger partial charge in [0.1, 0.15) is 11.4 Å². The lowest BCUT2D eigenvalue weighted by Crippen LogP contribution is -2.45. The summed E-state index contributed by atoms with van der Waals surface area (Å²) in [6.07, 6.45) is 1.19. The van der Waals surface area contributed by atoms with E-state index in [1.54, 1.807) is 24.3 Å². The maximum atomic E-state index is 13.3. The van der Waals surface area contributed by atoms with E-state index in [1.165, 1.54) is 6.21 Å². The van der Waals surface area contributed by atoms with Gasteiger partial charge in [0.25, 0.3) is 5.91 Å². The second kappa shape index (κ2) is 11.0. The maximum Gasteiger partial charge on any atom is 0.293 e. The number of rotatable bonds is 7. The molecule has 3 aromatic rings. The van der Waals surface area contributed by atoms with Gasteiger partial charge in [0, 0.05) is 43.1 Å². The summed E-state index contributed by atoms with van der Waals surface area (Å²) in [6, 6.07) is 24.5. The van der Waals surface area contributed by atoms with Gasteiger partial charge in [-0.25, -0.2) is 0 Å². The minimum atomic E-state index is -0.424. The third-order valence-electron chi connectivity index (χ3n) is 5.70. The fourth-order valence-corrected chi connectivity index (χ4v) is 3.87. The molecule has 3 aromatic carbocycles. The topological polar surface area (TPSA) is 68.7 Å². The lowest BCUT2D eigenvalue weighted by molar-refractivity contribution is -0.115. The number of hydrogen-bond donors (Lipinski definition) is 2. The third-order valence-corrected chi connectivity index (χ3v) is 5.95. The van der Waals surface area contributed by atoms with Gasteiger partial charge in [-0.1, -0.05) is 54.1 Å². The minimum absolute atomic E-state index is 0.0852. The number of piperazine rings is 1. The zero-order chi connectivity index (χ0) is 23.9. The largest absolute Gasteiger partial charge is 0.449 e. The van der Waals surface area contributed by atoms with Gasteiger partial charge in [-0.3, -0.25) is 4.79 Å². The molecule has 1 aliphatic heterocycles. The first-order valence-electron chi connectivity index (χ1n) is 11.1. The lowest BCUT2D eigenvalue weighted by Gasteiger charge is -2.34. The molecule has 0 bridgehead atoms. The molecule has 0 atom stereocenters. The van der Waals surface area contributed by atoms with E-state index in [2.05, 4.69) is 17.3 Å². The third kappa shape index (κ3) is 5.84. The van der Waals surface area contributed by atoms with Gasteiger partial charge in [-0.2, -0.15) is 0 Å². The van der Waals surface area contributed by atoms with Gasteiger partial charge >= 0.3 is 0 Å². The van der Waals surface area contributed by atoms with Gasteiger partial charge in [0.2, 0.25) is 5.76 Å². The van der Waals surface area contributed by atoms with Gasteiger partial charge in [0.05, 0.1) is 0 Å². The Labute approximate surface area is 204 Å². The summed E-state index contributed by atoms with van der Waals surface area (Å²) in [4.78, 5) is 17.6. The summed E-state index contributed by atoms with van der Waals surface area (Å²) in [5, 5.41) is 11.5. The van der Waals surface area contributed by atoms with Crippen LogP contribution in [-0.2, 0) is 4.79 Å². The summed E-state index contributed by atoms with van der Waals surface area (Å²) >= 11 is 5.97. The zero-order valence-corrected chi connectivity index (χ0v) is 19.8. The Kier molecular flexibility index (Phi) is 7.62. The van der Waals surface area contributed by atoms with E-state index in [1.807, 2.05) is 59.5 Å². The molecule has 0 spiro atoms. The molecule has 1 heterocycles. The molecule has 6 nitrogen and oxygen atoms in total. The molecule has 1 amide bonds. The molecule has 7 heteroatoms. The van der Waals surface area contributed by atoms with Crippen LogP contribution in [0.1, 0.15) is 0 Å². The number of halogens is 1. The van der Waals surface area contributed by atoms with Crippen molar-refractivity contribution in [2.45, 2.75) is 0 Å².